The molecular weight excluding hydrogens is 506 g/mol. The van der Waals surface area contributed by atoms with Crippen LogP contribution in [-0.2, 0) is 4.74 Å². The Bertz CT molecular complexity index is 644. The highest BCUT2D eigenvalue weighted by Gasteiger charge is 2.29. The van der Waals surface area contributed by atoms with E-state index >= 15 is 0 Å². The van der Waals surface area contributed by atoms with Gasteiger partial charge in [0.05, 0.1) is 12.1 Å². The highest BCUT2D eigenvalue weighted by atomic mass is 127. The molecule has 2 aliphatic heterocycles. The van der Waals surface area contributed by atoms with Gasteiger partial charge in [0.15, 0.2) is 5.96 Å². The molecule has 2 heterocycles. The Balaban J connectivity index is 0.00000300. The molecule has 164 valence electrons. The predicted octanol–water partition coefficient (Wildman–Crippen LogP) is 4.31. The van der Waals surface area contributed by atoms with Gasteiger partial charge in [0.1, 0.15) is 5.82 Å². The molecule has 1 aromatic rings. The highest BCUT2D eigenvalue weighted by Crippen LogP contribution is 2.32. The number of aliphatic imine (C=N–C) groups is 1. The van der Waals surface area contributed by atoms with Crippen LogP contribution < -0.4 is 5.32 Å². The number of halogens is 3. The first-order valence-electron chi connectivity index (χ1n) is 10.4. The molecule has 1 atom stereocenters. The van der Waals surface area contributed by atoms with Crippen molar-refractivity contribution in [1.29, 1.82) is 0 Å². The van der Waals surface area contributed by atoms with Crippen molar-refractivity contribution >= 4 is 41.5 Å². The van der Waals surface area contributed by atoms with Gasteiger partial charge in [-0.15, -0.1) is 24.0 Å². The molecule has 29 heavy (non-hydrogen) atoms. The van der Waals surface area contributed by atoms with E-state index in [1.807, 2.05) is 6.92 Å². The lowest BCUT2D eigenvalue weighted by atomic mass is 10.0. The Hall–Kier alpha value is -0.640. The molecule has 2 aliphatic rings. The Kier molecular flexibility index (Phi) is 10.4. The molecule has 8 heteroatoms. The molecule has 0 bridgehead atoms. The minimum atomic E-state index is -0.237. The first-order valence-corrected chi connectivity index (χ1v) is 10.8. The van der Waals surface area contributed by atoms with E-state index < -0.39 is 0 Å². The Morgan fingerprint density at radius 2 is 1.97 bits per heavy atom. The number of nitrogens with zero attached hydrogens (tertiary/aromatic N) is 3. The van der Waals surface area contributed by atoms with Crippen molar-refractivity contribution in [3.05, 3.63) is 34.6 Å². The molecule has 0 amide bonds. The van der Waals surface area contributed by atoms with Gasteiger partial charge in [0.2, 0.25) is 0 Å². The quantitative estimate of drug-likeness (QED) is 0.333. The SMILES string of the molecule is CCOC1CCN(C(=NC)NCC(c2c(F)cccc2Cl)N2CCCC2)CC1.I. The van der Waals surface area contributed by atoms with E-state index in [9.17, 15) is 4.39 Å². The fraction of sp³-hybridized carbons (Fsp3) is 0.667. The van der Waals surface area contributed by atoms with Crippen LogP contribution in [0.5, 0.6) is 0 Å². The summed E-state index contributed by atoms with van der Waals surface area (Å²) in [5, 5.41) is 3.98. The Morgan fingerprint density at radius 1 is 1.28 bits per heavy atom. The molecule has 5 nitrogen and oxygen atoms in total. The van der Waals surface area contributed by atoms with Gasteiger partial charge in [-0.3, -0.25) is 9.89 Å². The summed E-state index contributed by atoms with van der Waals surface area (Å²) >= 11 is 6.40. The third-order valence-corrected chi connectivity index (χ3v) is 6.05. The van der Waals surface area contributed by atoms with E-state index in [2.05, 4.69) is 20.1 Å². The maximum Gasteiger partial charge on any atom is 0.193 e. The zero-order valence-corrected chi connectivity index (χ0v) is 20.5. The summed E-state index contributed by atoms with van der Waals surface area (Å²) in [6.07, 6.45) is 4.63. The second kappa shape index (κ2) is 12.3. The number of hydrogen-bond donors (Lipinski definition) is 1. The summed E-state index contributed by atoms with van der Waals surface area (Å²) in [5.41, 5.74) is 0.587. The topological polar surface area (TPSA) is 40.1 Å². The number of piperidine rings is 1. The minimum absolute atomic E-state index is 0. The molecule has 0 saturated carbocycles. The summed E-state index contributed by atoms with van der Waals surface area (Å²) in [5.74, 6) is 0.630. The second-order valence-corrected chi connectivity index (χ2v) is 7.87. The lowest BCUT2D eigenvalue weighted by molar-refractivity contribution is 0.0263. The summed E-state index contributed by atoms with van der Waals surface area (Å²) in [6, 6.07) is 4.83. The fourth-order valence-corrected chi connectivity index (χ4v) is 4.58. The van der Waals surface area contributed by atoms with Gasteiger partial charge >= 0.3 is 0 Å². The van der Waals surface area contributed by atoms with Crippen molar-refractivity contribution in [1.82, 2.24) is 15.1 Å². The first-order chi connectivity index (χ1) is 13.6. The Labute approximate surface area is 196 Å². The fourth-order valence-electron chi connectivity index (χ4n) is 4.29. The van der Waals surface area contributed by atoms with Crippen molar-refractivity contribution < 1.29 is 9.13 Å². The highest BCUT2D eigenvalue weighted by molar-refractivity contribution is 14.0. The lowest BCUT2D eigenvalue weighted by Crippen LogP contribution is -2.49. The number of rotatable bonds is 6. The molecule has 0 radical (unpaired) electrons. The number of benzene rings is 1. The monoisotopic (exact) mass is 538 g/mol. The maximum atomic E-state index is 14.6. The molecule has 2 saturated heterocycles. The number of guanidine groups is 1. The van der Waals surface area contributed by atoms with Gasteiger partial charge in [0.25, 0.3) is 0 Å². The third kappa shape index (κ3) is 6.42. The van der Waals surface area contributed by atoms with E-state index in [-0.39, 0.29) is 35.8 Å². The van der Waals surface area contributed by atoms with Crippen LogP contribution in [0.1, 0.15) is 44.2 Å². The van der Waals surface area contributed by atoms with Crippen LogP contribution in [0.2, 0.25) is 5.02 Å². The molecular formula is C21H33ClFIN4O. The van der Waals surface area contributed by atoms with E-state index in [1.54, 1.807) is 19.2 Å². The van der Waals surface area contributed by atoms with Gasteiger partial charge in [-0.05, 0) is 57.8 Å². The predicted molar refractivity (Wildman–Crippen MR) is 128 cm³/mol. The smallest absolute Gasteiger partial charge is 0.193 e. The van der Waals surface area contributed by atoms with Crippen LogP contribution in [0, 0.1) is 5.82 Å². The van der Waals surface area contributed by atoms with Gasteiger partial charge < -0.3 is 15.0 Å². The van der Waals surface area contributed by atoms with Gasteiger partial charge in [-0.2, -0.15) is 0 Å². The summed E-state index contributed by atoms with van der Waals surface area (Å²) in [6.45, 7) is 7.15. The largest absolute Gasteiger partial charge is 0.378 e. The number of nitrogens with one attached hydrogen (secondary N) is 1. The first kappa shape index (κ1) is 24.6. The maximum absolute atomic E-state index is 14.6. The normalized spacial score (nSPS) is 19.9. The average Bonchev–Trinajstić information content (AvgIpc) is 3.22. The van der Waals surface area contributed by atoms with E-state index in [4.69, 9.17) is 16.3 Å². The third-order valence-electron chi connectivity index (χ3n) is 5.72. The van der Waals surface area contributed by atoms with Crippen LogP contribution in [0.15, 0.2) is 23.2 Å². The molecule has 3 rings (SSSR count). The van der Waals surface area contributed by atoms with Crippen LogP contribution in [-0.4, -0.2) is 68.2 Å². The van der Waals surface area contributed by atoms with Crippen molar-refractivity contribution in [2.75, 3.05) is 46.4 Å². The second-order valence-electron chi connectivity index (χ2n) is 7.46. The van der Waals surface area contributed by atoms with Gasteiger partial charge in [-0.25, -0.2) is 4.39 Å². The van der Waals surface area contributed by atoms with E-state index in [1.165, 1.54) is 6.07 Å². The summed E-state index contributed by atoms with van der Waals surface area (Å²) < 4.78 is 20.4. The molecule has 0 aromatic heterocycles. The Morgan fingerprint density at radius 3 is 2.55 bits per heavy atom. The molecule has 1 unspecified atom stereocenters. The minimum Gasteiger partial charge on any atom is -0.378 e. The molecule has 0 spiro atoms. The van der Waals surface area contributed by atoms with Crippen molar-refractivity contribution in [2.45, 2.75) is 44.8 Å². The molecule has 2 fully saturated rings. The number of hydrogen-bond acceptors (Lipinski definition) is 3. The van der Waals surface area contributed by atoms with Crippen molar-refractivity contribution in [3.8, 4) is 0 Å². The molecule has 1 aromatic carbocycles. The number of likely N-dealkylation sites (tertiary alicyclic amines) is 2. The average molecular weight is 539 g/mol. The molecule has 0 aliphatic carbocycles. The molecule has 1 N–H and O–H groups in total. The van der Waals surface area contributed by atoms with Crippen LogP contribution in [0.3, 0.4) is 0 Å². The standard InChI is InChI=1S/C21H32ClFN4O.HI/c1-3-28-16-9-13-27(14-10-16)21(24-2)25-15-19(26-11-4-5-12-26)20-17(22)7-6-8-18(20)23;/h6-8,16,19H,3-5,9-15H2,1-2H3,(H,24,25);1H. The lowest BCUT2D eigenvalue weighted by Gasteiger charge is -2.35. The summed E-state index contributed by atoms with van der Waals surface area (Å²) in [7, 11) is 1.80. The van der Waals surface area contributed by atoms with Crippen LogP contribution in [0.4, 0.5) is 4.39 Å². The van der Waals surface area contributed by atoms with Crippen LogP contribution >= 0.6 is 35.6 Å². The van der Waals surface area contributed by atoms with Crippen LogP contribution in [0.25, 0.3) is 0 Å². The van der Waals surface area contributed by atoms with Gasteiger partial charge in [-0.1, -0.05) is 17.7 Å². The van der Waals surface area contributed by atoms with Crippen molar-refractivity contribution in [2.24, 2.45) is 4.99 Å². The van der Waals surface area contributed by atoms with Crippen molar-refractivity contribution in [3.63, 3.8) is 0 Å². The van der Waals surface area contributed by atoms with E-state index in [0.29, 0.717) is 23.2 Å². The summed E-state index contributed by atoms with van der Waals surface area (Å²) in [4.78, 5) is 9.05. The number of ether oxygens (including phenoxy) is 1. The van der Waals surface area contributed by atoms with E-state index in [0.717, 1.165) is 64.4 Å². The van der Waals surface area contributed by atoms with Gasteiger partial charge in [0, 0.05) is 43.9 Å². The zero-order chi connectivity index (χ0) is 19.9. The zero-order valence-electron chi connectivity index (χ0n) is 17.4.